The van der Waals surface area contributed by atoms with Crippen LogP contribution in [0.2, 0.25) is 0 Å². The molecule has 256 valence electrons. The molecule has 0 unspecified atom stereocenters. The highest BCUT2D eigenvalue weighted by molar-refractivity contribution is 7.92. The fraction of sp³-hybridized carbons (Fsp3) is 0.387. The second-order valence-electron chi connectivity index (χ2n) is 11.0. The number of likely N-dealkylation sites (tertiary alicyclic amines) is 1. The number of piperidine rings is 1. The lowest BCUT2D eigenvalue weighted by atomic mass is 10.0. The van der Waals surface area contributed by atoms with Crippen LogP contribution in [0.15, 0.2) is 48.7 Å². The third-order valence-electron chi connectivity index (χ3n) is 7.46. The Balaban J connectivity index is 0.00000600. The molecule has 2 heterocycles. The van der Waals surface area contributed by atoms with E-state index in [1.807, 2.05) is 13.0 Å². The van der Waals surface area contributed by atoms with Crippen LogP contribution < -0.4 is 25.2 Å². The Labute approximate surface area is 279 Å². The lowest BCUT2D eigenvalue weighted by Gasteiger charge is -2.38. The first-order valence-corrected chi connectivity index (χ1v) is 16.6. The van der Waals surface area contributed by atoms with E-state index >= 15 is 0 Å². The van der Waals surface area contributed by atoms with E-state index in [4.69, 9.17) is 15.2 Å². The molecule has 12 nitrogen and oxygen atoms in total. The Bertz CT molecular complexity index is 1660. The van der Waals surface area contributed by atoms with Gasteiger partial charge in [0.05, 0.1) is 30.3 Å². The molecule has 1 fully saturated rings. The quantitative estimate of drug-likeness (QED) is 0.216. The average Bonchev–Trinajstić information content (AvgIpc) is 3.00. The number of rotatable bonds is 13. The number of anilines is 2. The van der Waals surface area contributed by atoms with E-state index < -0.39 is 39.2 Å². The van der Waals surface area contributed by atoms with Crippen LogP contribution in [0.5, 0.6) is 17.4 Å². The van der Waals surface area contributed by atoms with Gasteiger partial charge in [-0.3, -0.25) is 14.4 Å². The van der Waals surface area contributed by atoms with Gasteiger partial charge in [0.15, 0.2) is 11.5 Å². The van der Waals surface area contributed by atoms with E-state index in [2.05, 4.69) is 19.9 Å². The Morgan fingerprint density at radius 3 is 2.40 bits per heavy atom. The van der Waals surface area contributed by atoms with Crippen LogP contribution in [-0.2, 0) is 16.6 Å². The molecule has 0 radical (unpaired) electrons. The number of halogens is 3. The van der Waals surface area contributed by atoms with Crippen molar-refractivity contribution in [1.82, 2.24) is 14.8 Å². The van der Waals surface area contributed by atoms with Gasteiger partial charge in [0.2, 0.25) is 15.9 Å². The highest BCUT2D eigenvalue weighted by atomic mass is 35.5. The van der Waals surface area contributed by atoms with Crippen LogP contribution in [0.3, 0.4) is 0 Å². The summed E-state index contributed by atoms with van der Waals surface area (Å²) in [5.74, 6) is -2.10. The summed E-state index contributed by atoms with van der Waals surface area (Å²) in [5.41, 5.74) is 5.68. The number of carbonyl (C=O) groups excluding carboxylic acids is 2. The summed E-state index contributed by atoms with van der Waals surface area (Å²) >= 11 is 0. The number of pyridine rings is 1. The van der Waals surface area contributed by atoms with Gasteiger partial charge in [-0.05, 0) is 43.0 Å². The Hall–Kier alpha value is -4.21. The van der Waals surface area contributed by atoms with Crippen LogP contribution >= 0.6 is 12.4 Å². The molecule has 0 saturated carbocycles. The van der Waals surface area contributed by atoms with Crippen molar-refractivity contribution in [3.05, 3.63) is 71.4 Å². The molecule has 1 aromatic heterocycles. The molecule has 0 atom stereocenters. The predicted octanol–water partition coefficient (Wildman–Crippen LogP) is 5.35. The zero-order valence-corrected chi connectivity index (χ0v) is 27.9. The number of benzene rings is 2. The number of nitrogens with one attached hydrogen (secondary N) is 2. The average molecular weight is 697 g/mol. The van der Waals surface area contributed by atoms with Gasteiger partial charge in [0.25, 0.3) is 5.91 Å². The van der Waals surface area contributed by atoms with E-state index in [1.165, 1.54) is 13.2 Å². The van der Waals surface area contributed by atoms with Crippen molar-refractivity contribution in [3.63, 3.8) is 0 Å². The Morgan fingerprint density at radius 1 is 1.09 bits per heavy atom. The van der Waals surface area contributed by atoms with E-state index in [9.17, 15) is 26.8 Å². The number of urea groups is 1. The summed E-state index contributed by atoms with van der Waals surface area (Å²) < 4.78 is 65.0. The molecule has 4 rings (SSSR count). The van der Waals surface area contributed by atoms with Crippen molar-refractivity contribution in [3.8, 4) is 17.4 Å². The number of methoxy groups -OCH3 is 1. The molecule has 0 bridgehead atoms. The highest BCUT2D eigenvalue weighted by Gasteiger charge is 2.29. The molecule has 16 heteroatoms. The number of carbonyl (C=O) groups is 2. The van der Waals surface area contributed by atoms with Gasteiger partial charge in [0.1, 0.15) is 11.6 Å². The van der Waals surface area contributed by atoms with Gasteiger partial charge in [-0.25, -0.2) is 27.0 Å². The van der Waals surface area contributed by atoms with Crippen LogP contribution in [0, 0.1) is 11.6 Å². The molecule has 1 aliphatic rings. The smallest absolute Gasteiger partial charge is 0.322 e. The Morgan fingerprint density at radius 2 is 1.81 bits per heavy atom. The number of primary amides is 1. The van der Waals surface area contributed by atoms with Crippen LogP contribution in [-0.4, -0.2) is 74.2 Å². The molecule has 4 N–H and O–H groups in total. The second kappa shape index (κ2) is 16.6. The summed E-state index contributed by atoms with van der Waals surface area (Å²) in [4.78, 5) is 33.1. The number of aromatic nitrogens is 1. The molecule has 2 aromatic carbocycles. The topological polar surface area (TPSA) is 156 Å². The third-order valence-corrected chi connectivity index (χ3v) is 8.07. The number of nitrogens with two attached hydrogens (primary N) is 1. The number of hydrogen-bond acceptors (Lipinski definition) is 8. The molecule has 0 spiro atoms. The number of amides is 3. The number of hydrogen-bond donors (Lipinski definition) is 3. The predicted molar refractivity (Wildman–Crippen MR) is 177 cm³/mol. The first-order valence-electron chi connectivity index (χ1n) is 14.7. The van der Waals surface area contributed by atoms with Crippen molar-refractivity contribution in [2.45, 2.75) is 45.2 Å². The lowest BCUT2D eigenvalue weighted by Crippen LogP contribution is -2.49. The molecule has 1 aliphatic heterocycles. The van der Waals surface area contributed by atoms with E-state index in [0.717, 1.165) is 30.7 Å². The van der Waals surface area contributed by atoms with Gasteiger partial charge in [0, 0.05) is 56.6 Å². The van der Waals surface area contributed by atoms with E-state index in [1.54, 1.807) is 29.3 Å². The summed E-state index contributed by atoms with van der Waals surface area (Å²) in [6.45, 7) is 4.52. The monoisotopic (exact) mass is 696 g/mol. The summed E-state index contributed by atoms with van der Waals surface area (Å²) in [6.07, 6.45) is 5.75. The van der Waals surface area contributed by atoms with Gasteiger partial charge in [-0.15, -0.1) is 12.4 Å². The minimum absolute atomic E-state index is 0. The van der Waals surface area contributed by atoms with Crippen molar-refractivity contribution in [2.24, 2.45) is 5.73 Å². The number of nitrogens with zero attached hydrogens (tertiary/aromatic N) is 3. The SMILES string of the molecule is CCCCN(C(=O)Nc1cc(C(N)=O)c(F)cc1F)C1CCN(Cc2ccc(Oc3ccc(NS(C)(=O)=O)cc3OC)nc2)CC1.Cl. The minimum Gasteiger partial charge on any atom is -0.493 e. The molecule has 1 saturated heterocycles. The summed E-state index contributed by atoms with van der Waals surface area (Å²) in [6, 6.07) is 9.14. The fourth-order valence-electron chi connectivity index (χ4n) is 5.15. The van der Waals surface area contributed by atoms with Gasteiger partial charge >= 0.3 is 6.03 Å². The molecular formula is C31H39ClF2N6O6S. The summed E-state index contributed by atoms with van der Waals surface area (Å²) in [5, 5.41) is 2.50. The largest absolute Gasteiger partial charge is 0.493 e. The second-order valence-corrected chi connectivity index (χ2v) is 12.8. The van der Waals surface area contributed by atoms with Gasteiger partial charge < -0.3 is 25.4 Å². The number of unbranched alkanes of at least 4 members (excludes halogenated alkanes) is 1. The Kier molecular flexibility index (Phi) is 13.1. The number of ether oxygens (including phenoxy) is 2. The zero-order valence-electron chi connectivity index (χ0n) is 26.3. The standard InChI is InChI=1S/C31H38F2N6O6S.ClH/c1-4-5-12-39(31(41)36-26-16-23(30(34)40)24(32)17-25(26)33)22-10-13-38(14-11-22)19-20-6-9-29(35-18-20)45-27-8-7-21(15-28(27)44-2)37-46(3,42)43;/h6-9,15-18,22,37H,4-5,10-14,19H2,1-3H3,(H2,34,40)(H,36,41);1H. The van der Waals surface area contributed by atoms with E-state index in [-0.39, 0.29) is 24.1 Å². The van der Waals surface area contributed by atoms with Gasteiger partial charge in [-0.1, -0.05) is 19.4 Å². The van der Waals surface area contributed by atoms with Crippen LogP contribution in [0.1, 0.15) is 48.5 Å². The molecule has 47 heavy (non-hydrogen) atoms. The normalized spacial score (nSPS) is 13.7. The van der Waals surface area contributed by atoms with Crippen LogP contribution in [0.4, 0.5) is 25.0 Å². The third kappa shape index (κ3) is 10.4. The van der Waals surface area contributed by atoms with Crippen molar-refractivity contribution < 1.29 is 36.3 Å². The van der Waals surface area contributed by atoms with Crippen molar-refractivity contribution in [2.75, 3.05) is 43.0 Å². The summed E-state index contributed by atoms with van der Waals surface area (Å²) in [7, 11) is -1.99. The molecule has 3 aromatic rings. The molecule has 0 aliphatic carbocycles. The van der Waals surface area contributed by atoms with Crippen LogP contribution in [0.25, 0.3) is 0 Å². The maximum absolute atomic E-state index is 14.4. The van der Waals surface area contributed by atoms with Crippen molar-refractivity contribution >= 4 is 45.7 Å². The maximum Gasteiger partial charge on any atom is 0.322 e. The van der Waals surface area contributed by atoms with E-state index in [0.29, 0.717) is 68.2 Å². The number of sulfonamides is 1. The zero-order chi connectivity index (χ0) is 33.4. The highest BCUT2D eigenvalue weighted by Crippen LogP contribution is 2.33. The van der Waals surface area contributed by atoms with Crippen molar-refractivity contribution in [1.29, 1.82) is 0 Å². The molecular weight excluding hydrogens is 658 g/mol. The lowest BCUT2D eigenvalue weighted by molar-refractivity contribution is 0.0996. The first-order chi connectivity index (χ1) is 21.9. The van der Waals surface area contributed by atoms with Gasteiger partial charge in [-0.2, -0.15) is 0 Å². The fourth-order valence-corrected chi connectivity index (χ4v) is 5.71. The molecule has 3 amide bonds. The first kappa shape index (κ1) is 37.2. The maximum atomic E-state index is 14.4. The minimum atomic E-state index is -3.44.